The number of imidazole rings is 1. The standard InChI is InChI=1S/C16H16N2O/c1-9-4-5-12(8-15(9)19)16-17-13-6-10(2)11(3)7-14(13)18-16/h4-8,19H,1-3H3,(H,17,18). The van der Waals surface area contributed by atoms with Gasteiger partial charge in [0.05, 0.1) is 11.0 Å². The van der Waals surface area contributed by atoms with E-state index in [2.05, 4.69) is 35.9 Å². The van der Waals surface area contributed by atoms with Gasteiger partial charge in [0.15, 0.2) is 0 Å². The highest BCUT2D eigenvalue weighted by molar-refractivity contribution is 5.81. The minimum Gasteiger partial charge on any atom is -0.508 e. The van der Waals surface area contributed by atoms with Crippen LogP contribution >= 0.6 is 0 Å². The highest BCUT2D eigenvalue weighted by atomic mass is 16.3. The molecule has 0 saturated carbocycles. The van der Waals surface area contributed by atoms with E-state index in [1.54, 1.807) is 6.07 Å². The number of rotatable bonds is 1. The van der Waals surface area contributed by atoms with Crippen molar-refractivity contribution in [3.63, 3.8) is 0 Å². The number of hydrogen-bond donors (Lipinski definition) is 2. The SMILES string of the molecule is Cc1cc2nc(-c3ccc(C)c(O)c3)[nH]c2cc1C. The second-order valence-corrected chi connectivity index (χ2v) is 5.04. The number of nitrogens with one attached hydrogen (secondary N) is 1. The summed E-state index contributed by atoms with van der Waals surface area (Å²) in [6, 6.07) is 9.79. The number of benzene rings is 2. The summed E-state index contributed by atoms with van der Waals surface area (Å²) in [5.41, 5.74) is 6.23. The molecule has 0 aliphatic heterocycles. The van der Waals surface area contributed by atoms with Crippen molar-refractivity contribution in [2.45, 2.75) is 20.8 Å². The van der Waals surface area contributed by atoms with Crippen LogP contribution in [0.25, 0.3) is 22.4 Å². The van der Waals surface area contributed by atoms with Crippen LogP contribution in [0.2, 0.25) is 0 Å². The fourth-order valence-electron chi connectivity index (χ4n) is 2.16. The van der Waals surface area contributed by atoms with Crippen LogP contribution in [0.5, 0.6) is 5.75 Å². The Morgan fingerprint density at radius 2 is 1.68 bits per heavy atom. The van der Waals surface area contributed by atoms with E-state index >= 15 is 0 Å². The Morgan fingerprint density at radius 3 is 2.42 bits per heavy atom. The van der Waals surface area contributed by atoms with Crippen molar-refractivity contribution in [3.8, 4) is 17.1 Å². The lowest BCUT2D eigenvalue weighted by molar-refractivity contribution is 0.471. The maximum atomic E-state index is 9.78. The van der Waals surface area contributed by atoms with Gasteiger partial charge in [-0.2, -0.15) is 0 Å². The average molecular weight is 252 g/mol. The highest BCUT2D eigenvalue weighted by Crippen LogP contribution is 2.26. The zero-order valence-corrected chi connectivity index (χ0v) is 11.3. The summed E-state index contributed by atoms with van der Waals surface area (Å²) < 4.78 is 0. The molecule has 0 fully saturated rings. The zero-order chi connectivity index (χ0) is 13.6. The molecule has 96 valence electrons. The Hall–Kier alpha value is -2.29. The van der Waals surface area contributed by atoms with Crippen molar-refractivity contribution in [1.82, 2.24) is 9.97 Å². The predicted octanol–water partition coefficient (Wildman–Crippen LogP) is 3.86. The smallest absolute Gasteiger partial charge is 0.138 e. The number of fused-ring (bicyclic) bond motifs is 1. The molecule has 0 atom stereocenters. The summed E-state index contributed by atoms with van der Waals surface area (Å²) >= 11 is 0. The number of hydrogen-bond acceptors (Lipinski definition) is 2. The number of aromatic amines is 1. The van der Waals surface area contributed by atoms with Crippen LogP contribution in [0.1, 0.15) is 16.7 Å². The first-order chi connectivity index (χ1) is 9.04. The summed E-state index contributed by atoms with van der Waals surface area (Å²) in [6.45, 7) is 6.05. The van der Waals surface area contributed by atoms with Crippen molar-refractivity contribution < 1.29 is 5.11 Å². The van der Waals surface area contributed by atoms with E-state index < -0.39 is 0 Å². The van der Waals surface area contributed by atoms with Gasteiger partial charge < -0.3 is 10.1 Å². The van der Waals surface area contributed by atoms with Crippen LogP contribution in [0.15, 0.2) is 30.3 Å². The minimum absolute atomic E-state index is 0.297. The molecule has 0 aliphatic carbocycles. The molecular formula is C16H16N2O. The molecule has 3 heteroatoms. The second kappa shape index (κ2) is 4.12. The van der Waals surface area contributed by atoms with Gasteiger partial charge in [0.1, 0.15) is 11.6 Å². The summed E-state index contributed by atoms with van der Waals surface area (Å²) in [6.07, 6.45) is 0. The van der Waals surface area contributed by atoms with Crippen LogP contribution in [0.4, 0.5) is 0 Å². The molecule has 0 aliphatic rings. The third-order valence-electron chi connectivity index (χ3n) is 3.58. The third-order valence-corrected chi connectivity index (χ3v) is 3.58. The van der Waals surface area contributed by atoms with Crippen LogP contribution < -0.4 is 0 Å². The molecule has 3 nitrogen and oxygen atoms in total. The van der Waals surface area contributed by atoms with Gasteiger partial charge in [-0.05, 0) is 55.7 Å². The molecule has 0 bridgehead atoms. The molecule has 1 heterocycles. The Morgan fingerprint density at radius 1 is 0.947 bits per heavy atom. The lowest BCUT2D eigenvalue weighted by Crippen LogP contribution is -1.81. The van der Waals surface area contributed by atoms with E-state index in [-0.39, 0.29) is 0 Å². The monoisotopic (exact) mass is 252 g/mol. The molecule has 3 rings (SSSR count). The van der Waals surface area contributed by atoms with Crippen molar-refractivity contribution in [1.29, 1.82) is 0 Å². The summed E-state index contributed by atoms with van der Waals surface area (Å²) in [7, 11) is 0. The van der Waals surface area contributed by atoms with Crippen molar-refractivity contribution in [2.75, 3.05) is 0 Å². The van der Waals surface area contributed by atoms with E-state index in [1.807, 2.05) is 19.1 Å². The van der Waals surface area contributed by atoms with Crippen LogP contribution in [-0.2, 0) is 0 Å². The number of aryl methyl sites for hydroxylation is 3. The molecule has 0 spiro atoms. The van der Waals surface area contributed by atoms with E-state index in [4.69, 9.17) is 0 Å². The Labute approximate surface area is 111 Å². The van der Waals surface area contributed by atoms with Crippen LogP contribution in [0.3, 0.4) is 0 Å². The van der Waals surface area contributed by atoms with E-state index in [0.29, 0.717) is 5.75 Å². The number of phenolic OH excluding ortho intramolecular Hbond substituents is 1. The third kappa shape index (κ3) is 1.97. The molecule has 19 heavy (non-hydrogen) atoms. The molecule has 2 N–H and O–H groups in total. The van der Waals surface area contributed by atoms with Gasteiger partial charge in [-0.25, -0.2) is 4.98 Å². The Kier molecular flexibility index (Phi) is 2.56. The van der Waals surface area contributed by atoms with Gasteiger partial charge in [-0.15, -0.1) is 0 Å². The first kappa shape index (κ1) is 11.8. The van der Waals surface area contributed by atoms with Gasteiger partial charge in [-0.3, -0.25) is 0 Å². The fourth-order valence-corrected chi connectivity index (χ4v) is 2.16. The van der Waals surface area contributed by atoms with Crippen molar-refractivity contribution in [2.24, 2.45) is 0 Å². The van der Waals surface area contributed by atoms with E-state index in [0.717, 1.165) is 28.0 Å². The first-order valence-corrected chi connectivity index (χ1v) is 6.31. The average Bonchev–Trinajstić information content (AvgIpc) is 2.76. The van der Waals surface area contributed by atoms with Crippen LogP contribution in [-0.4, -0.2) is 15.1 Å². The second-order valence-electron chi connectivity index (χ2n) is 5.04. The van der Waals surface area contributed by atoms with Gasteiger partial charge in [0.25, 0.3) is 0 Å². The number of aromatic hydroxyl groups is 1. The number of aromatic nitrogens is 2. The summed E-state index contributed by atoms with van der Waals surface area (Å²) in [5, 5.41) is 9.78. The molecule has 0 unspecified atom stereocenters. The van der Waals surface area contributed by atoms with E-state index in [9.17, 15) is 5.11 Å². The fraction of sp³-hybridized carbons (Fsp3) is 0.188. The number of H-pyrrole nitrogens is 1. The molecular weight excluding hydrogens is 236 g/mol. The van der Waals surface area contributed by atoms with E-state index in [1.165, 1.54) is 11.1 Å². The Bertz CT molecular complexity index is 733. The molecule has 1 aromatic heterocycles. The topological polar surface area (TPSA) is 48.9 Å². The molecule has 3 aromatic rings. The largest absolute Gasteiger partial charge is 0.508 e. The normalized spacial score (nSPS) is 11.1. The minimum atomic E-state index is 0.297. The molecule has 0 amide bonds. The number of nitrogens with zero attached hydrogens (tertiary/aromatic N) is 1. The van der Waals surface area contributed by atoms with Crippen LogP contribution in [0, 0.1) is 20.8 Å². The van der Waals surface area contributed by atoms with Gasteiger partial charge in [0.2, 0.25) is 0 Å². The molecule has 0 radical (unpaired) electrons. The zero-order valence-electron chi connectivity index (χ0n) is 11.3. The summed E-state index contributed by atoms with van der Waals surface area (Å²) in [4.78, 5) is 7.89. The van der Waals surface area contributed by atoms with Crippen molar-refractivity contribution in [3.05, 3.63) is 47.0 Å². The lowest BCUT2D eigenvalue weighted by Gasteiger charge is -2.00. The quantitative estimate of drug-likeness (QED) is 0.691. The van der Waals surface area contributed by atoms with Gasteiger partial charge in [0, 0.05) is 5.56 Å². The van der Waals surface area contributed by atoms with Gasteiger partial charge >= 0.3 is 0 Å². The lowest BCUT2D eigenvalue weighted by atomic mass is 10.1. The predicted molar refractivity (Wildman–Crippen MR) is 77.4 cm³/mol. The first-order valence-electron chi connectivity index (χ1n) is 6.31. The van der Waals surface area contributed by atoms with Gasteiger partial charge in [-0.1, -0.05) is 12.1 Å². The Balaban J connectivity index is 2.17. The molecule has 2 aromatic carbocycles. The maximum absolute atomic E-state index is 9.78. The van der Waals surface area contributed by atoms with Crippen molar-refractivity contribution >= 4 is 11.0 Å². The molecule has 0 saturated heterocycles. The number of phenols is 1. The summed E-state index contributed by atoms with van der Waals surface area (Å²) in [5.74, 6) is 1.08. The maximum Gasteiger partial charge on any atom is 0.138 e. The highest BCUT2D eigenvalue weighted by Gasteiger charge is 2.08.